The van der Waals surface area contributed by atoms with Crippen molar-refractivity contribution >= 4 is 11.7 Å². The molecule has 88 valence electrons. The molecule has 0 bridgehead atoms. The number of carboxylic acids is 1. The van der Waals surface area contributed by atoms with E-state index in [1.54, 1.807) is 19.0 Å². The normalized spacial score (nSPS) is 12.3. The van der Waals surface area contributed by atoms with E-state index in [1.807, 2.05) is 0 Å². The number of benzene rings is 1. The molecule has 0 saturated heterocycles. The van der Waals surface area contributed by atoms with Crippen molar-refractivity contribution in [3.8, 4) is 0 Å². The summed E-state index contributed by atoms with van der Waals surface area (Å²) in [6, 6.07) is 1.94. The van der Waals surface area contributed by atoms with Gasteiger partial charge in [0.15, 0.2) is 11.6 Å². The zero-order chi connectivity index (χ0) is 12.5. The van der Waals surface area contributed by atoms with Gasteiger partial charge in [0.25, 0.3) is 0 Å². The maximum absolute atomic E-state index is 13.1. The molecule has 0 fully saturated rings. The highest BCUT2D eigenvalue weighted by Crippen LogP contribution is 2.29. The van der Waals surface area contributed by atoms with Crippen LogP contribution in [-0.2, 0) is 4.79 Å². The third-order valence-electron chi connectivity index (χ3n) is 2.39. The van der Waals surface area contributed by atoms with Gasteiger partial charge in [-0.15, -0.1) is 0 Å². The van der Waals surface area contributed by atoms with E-state index in [2.05, 4.69) is 0 Å². The minimum absolute atomic E-state index is 0.261. The van der Waals surface area contributed by atoms with E-state index in [1.165, 1.54) is 6.92 Å². The van der Waals surface area contributed by atoms with E-state index in [9.17, 15) is 13.6 Å². The molecule has 0 heterocycles. The number of rotatable bonds is 3. The first-order valence-corrected chi connectivity index (χ1v) is 4.73. The first kappa shape index (κ1) is 12.4. The molecule has 0 aliphatic rings. The fourth-order valence-electron chi connectivity index (χ4n) is 1.42. The molecule has 1 N–H and O–H groups in total. The number of hydrogen-bond donors (Lipinski definition) is 1. The predicted octanol–water partition coefficient (Wildman–Crippen LogP) is 2.22. The minimum Gasteiger partial charge on any atom is -0.481 e. The molecular weight excluding hydrogens is 216 g/mol. The number of hydrogen-bond acceptors (Lipinski definition) is 2. The van der Waals surface area contributed by atoms with E-state index in [0.29, 0.717) is 5.69 Å². The van der Waals surface area contributed by atoms with E-state index in [0.717, 1.165) is 12.1 Å². The van der Waals surface area contributed by atoms with Crippen LogP contribution in [0.4, 0.5) is 14.5 Å². The van der Waals surface area contributed by atoms with Crippen LogP contribution in [-0.4, -0.2) is 25.2 Å². The maximum atomic E-state index is 13.1. The molecule has 5 heteroatoms. The molecule has 0 aliphatic carbocycles. The van der Waals surface area contributed by atoms with Crippen molar-refractivity contribution in [3.63, 3.8) is 0 Å². The van der Waals surface area contributed by atoms with E-state index >= 15 is 0 Å². The van der Waals surface area contributed by atoms with Gasteiger partial charge in [0.2, 0.25) is 0 Å². The monoisotopic (exact) mass is 229 g/mol. The lowest BCUT2D eigenvalue weighted by molar-refractivity contribution is -0.138. The highest BCUT2D eigenvalue weighted by molar-refractivity contribution is 5.78. The average molecular weight is 229 g/mol. The van der Waals surface area contributed by atoms with Crippen molar-refractivity contribution in [1.29, 1.82) is 0 Å². The van der Waals surface area contributed by atoms with Gasteiger partial charge in [-0.2, -0.15) is 0 Å². The van der Waals surface area contributed by atoms with Crippen LogP contribution in [0.5, 0.6) is 0 Å². The Bertz CT molecular complexity index is 419. The molecule has 1 aromatic rings. The maximum Gasteiger partial charge on any atom is 0.310 e. The second-order valence-corrected chi connectivity index (χ2v) is 3.78. The van der Waals surface area contributed by atoms with Crippen molar-refractivity contribution < 1.29 is 18.7 Å². The van der Waals surface area contributed by atoms with Crippen molar-refractivity contribution in [3.05, 3.63) is 29.3 Å². The van der Waals surface area contributed by atoms with Gasteiger partial charge in [0, 0.05) is 25.8 Å². The largest absolute Gasteiger partial charge is 0.481 e. The number of nitrogens with zero attached hydrogens (tertiary/aromatic N) is 1. The van der Waals surface area contributed by atoms with Gasteiger partial charge in [-0.1, -0.05) is 0 Å². The molecule has 1 aromatic carbocycles. The fraction of sp³-hybridized carbons (Fsp3) is 0.364. The Labute approximate surface area is 92.3 Å². The van der Waals surface area contributed by atoms with E-state index in [4.69, 9.17) is 5.11 Å². The Morgan fingerprint density at radius 2 is 1.81 bits per heavy atom. The summed E-state index contributed by atoms with van der Waals surface area (Å²) >= 11 is 0. The Kier molecular flexibility index (Phi) is 3.47. The zero-order valence-electron chi connectivity index (χ0n) is 9.29. The molecule has 1 atom stereocenters. The van der Waals surface area contributed by atoms with Crippen LogP contribution in [0, 0.1) is 11.6 Å². The molecule has 0 spiro atoms. The molecule has 0 radical (unpaired) electrons. The molecule has 1 unspecified atom stereocenters. The molecule has 0 aromatic heterocycles. The Balaban J connectivity index is 3.35. The highest BCUT2D eigenvalue weighted by Gasteiger charge is 2.21. The van der Waals surface area contributed by atoms with Crippen molar-refractivity contribution in [2.75, 3.05) is 19.0 Å². The Hall–Kier alpha value is -1.65. The van der Waals surface area contributed by atoms with Gasteiger partial charge in [-0.25, -0.2) is 8.78 Å². The zero-order valence-corrected chi connectivity index (χ0v) is 9.29. The standard InChI is InChI=1S/C11H13F2NO2/c1-6(11(15)16)7-4-8(12)9(13)5-10(7)14(2)3/h4-6H,1-3H3,(H,15,16). The number of aliphatic carboxylic acids is 1. The lowest BCUT2D eigenvalue weighted by Gasteiger charge is -2.20. The van der Waals surface area contributed by atoms with Crippen molar-refractivity contribution in [2.45, 2.75) is 12.8 Å². The summed E-state index contributed by atoms with van der Waals surface area (Å²) in [6.07, 6.45) is 0. The average Bonchev–Trinajstić information content (AvgIpc) is 2.19. The first-order chi connectivity index (χ1) is 7.34. The molecule has 1 rings (SSSR count). The van der Waals surface area contributed by atoms with Crippen LogP contribution in [0.1, 0.15) is 18.4 Å². The molecule has 0 aliphatic heterocycles. The van der Waals surface area contributed by atoms with Crippen molar-refractivity contribution in [1.82, 2.24) is 0 Å². The van der Waals surface area contributed by atoms with Gasteiger partial charge in [-0.3, -0.25) is 4.79 Å². The minimum atomic E-state index is -1.07. The van der Waals surface area contributed by atoms with Gasteiger partial charge < -0.3 is 10.0 Å². The summed E-state index contributed by atoms with van der Waals surface area (Å²) in [5.74, 6) is -3.97. The number of anilines is 1. The summed E-state index contributed by atoms with van der Waals surface area (Å²) in [6.45, 7) is 1.43. The number of carbonyl (C=O) groups is 1. The van der Waals surface area contributed by atoms with Gasteiger partial charge >= 0.3 is 5.97 Å². The summed E-state index contributed by atoms with van der Waals surface area (Å²) in [5, 5.41) is 8.87. The topological polar surface area (TPSA) is 40.5 Å². The Morgan fingerprint density at radius 1 is 1.31 bits per heavy atom. The van der Waals surface area contributed by atoms with Crippen LogP contribution in [0.25, 0.3) is 0 Å². The van der Waals surface area contributed by atoms with E-state index in [-0.39, 0.29) is 5.56 Å². The lowest BCUT2D eigenvalue weighted by Crippen LogP contribution is -2.16. The SMILES string of the molecule is CC(C(=O)O)c1cc(F)c(F)cc1N(C)C. The fourth-order valence-corrected chi connectivity index (χ4v) is 1.42. The molecule has 0 saturated carbocycles. The number of halogens is 2. The summed E-state index contributed by atoms with van der Waals surface area (Å²) in [7, 11) is 3.29. The van der Waals surface area contributed by atoms with Gasteiger partial charge in [-0.05, 0) is 18.6 Å². The Morgan fingerprint density at radius 3 is 2.25 bits per heavy atom. The van der Waals surface area contributed by atoms with Gasteiger partial charge in [0.1, 0.15) is 0 Å². The third-order valence-corrected chi connectivity index (χ3v) is 2.39. The van der Waals surface area contributed by atoms with Gasteiger partial charge in [0.05, 0.1) is 5.92 Å². The van der Waals surface area contributed by atoms with Crippen LogP contribution >= 0.6 is 0 Å². The first-order valence-electron chi connectivity index (χ1n) is 4.73. The molecule has 3 nitrogen and oxygen atoms in total. The van der Waals surface area contributed by atoms with Crippen LogP contribution in [0.3, 0.4) is 0 Å². The molecule has 0 amide bonds. The summed E-state index contributed by atoms with van der Waals surface area (Å²) < 4.78 is 26.1. The van der Waals surface area contributed by atoms with E-state index < -0.39 is 23.5 Å². The second kappa shape index (κ2) is 4.47. The van der Waals surface area contributed by atoms with Crippen LogP contribution < -0.4 is 4.90 Å². The number of carboxylic acid groups (broad SMARTS) is 1. The quantitative estimate of drug-likeness (QED) is 0.863. The van der Waals surface area contributed by atoms with Crippen molar-refractivity contribution in [2.24, 2.45) is 0 Å². The smallest absolute Gasteiger partial charge is 0.310 e. The summed E-state index contributed by atoms with van der Waals surface area (Å²) in [5.41, 5.74) is 0.630. The third kappa shape index (κ3) is 2.29. The molecule has 16 heavy (non-hydrogen) atoms. The van der Waals surface area contributed by atoms with Crippen LogP contribution in [0.15, 0.2) is 12.1 Å². The summed E-state index contributed by atoms with van der Waals surface area (Å²) in [4.78, 5) is 12.4. The second-order valence-electron chi connectivity index (χ2n) is 3.78. The lowest BCUT2D eigenvalue weighted by atomic mass is 9.98. The molecular formula is C11H13F2NO2. The van der Waals surface area contributed by atoms with Crippen LogP contribution in [0.2, 0.25) is 0 Å². The highest BCUT2D eigenvalue weighted by atomic mass is 19.2. The predicted molar refractivity (Wildman–Crippen MR) is 56.7 cm³/mol.